The molecule has 6 nitrogen and oxygen atoms in total. The lowest BCUT2D eigenvalue weighted by atomic mass is 10.2. The SMILES string of the molecule is Cc1ccc(C#N)c(Oc2cc([N+](=O)[O-])ccc2C)n1. The van der Waals surface area contributed by atoms with Crippen LogP contribution >= 0.6 is 0 Å². The summed E-state index contributed by atoms with van der Waals surface area (Å²) in [6.45, 7) is 3.54. The van der Waals surface area contributed by atoms with Crippen LogP contribution in [0.4, 0.5) is 5.69 Å². The van der Waals surface area contributed by atoms with Gasteiger partial charge in [0.1, 0.15) is 17.4 Å². The zero-order valence-electron chi connectivity index (χ0n) is 11.0. The maximum absolute atomic E-state index is 10.8. The fourth-order valence-corrected chi connectivity index (χ4v) is 1.61. The van der Waals surface area contributed by atoms with Gasteiger partial charge in [-0.05, 0) is 37.6 Å². The molecule has 0 saturated heterocycles. The van der Waals surface area contributed by atoms with E-state index in [4.69, 9.17) is 10.00 Å². The van der Waals surface area contributed by atoms with Gasteiger partial charge in [-0.1, -0.05) is 0 Å². The standard InChI is InChI=1S/C14H11N3O3/c1-9-3-6-12(17(18)19)7-13(9)20-14-11(8-15)5-4-10(2)16-14/h3-7H,1-2H3. The highest BCUT2D eigenvalue weighted by Crippen LogP contribution is 2.29. The lowest BCUT2D eigenvalue weighted by molar-refractivity contribution is -0.384. The molecule has 0 aliphatic heterocycles. The van der Waals surface area contributed by atoms with Crippen molar-refractivity contribution >= 4 is 5.69 Å². The first-order chi connectivity index (χ1) is 9.51. The van der Waals surface area contributed by atoms with E-state index in [-0.39, 0.29) is 17.1 Å². The topological polar surface area (TPSA) is 89.0 Å². The van der Waals surface area contributed by atoms with E-state index in [1.807, 2.05) is 6.07 Å². The molecule has 0 saturated carbocycles. The summed E-state index contributed by atoms with van der Waals surface area (Å²) in [6.07, 6.45) is 0. The summed E-state index contributed by atoms with van der Waals surface area (Å²) >= 11 is 0. The quantitative estimate of drug-likeness (QED) is 0.630. The number of benzene rings is 1. The molecule has 1 heterocycles. The molecule has 0 spiro atoms. The van der Waals surface area contributed by atoms with E-state index in [2.05, 4.69) is 4.98 Å². The van der Waals surface area contributed by atoms with Crippen molar-refractivity contribution in [3.05, 3.63) is 57.3 Å². The number of nitro benzene ring substituents is 1. The maximum atomic E-state index is 10.8. The van der Waals surface area contributed by atoms with E-state index >= 15 is 0 Å². The van der Waals surface area contributed by atoms with Gasteiger partial charge in [0.05, 0.1) is 11.0 Å². The zero-order chi connectivity index (χ0) is 14.7. The average molecular weight is 269 g/mol. The molecule has 100 valence electrons. The molecule has 1 aromatic carbocycles. The van der Waals surface area contributed by atoms with Crippen molar-refractivity contribution < 1.29 is 9.66 Å². The first-order valence-corrected chi connectivity index (χ1v) is 5.82. The fraction of sp³-hybridized carbons (Fsp3) is 0.143. The Hall–Kier alpha value is -2.94. The van der Waals surface area contributed by atoms with Crippen molar-refractivity contribution in [2.45, 2.75) is 13.8 Å². The van der Waals surface area contributed by atoms with Crippen LogP contribution in [0.15, 0.2) is 30.3 Å². The van der Waals surface area contributed by atoms with Crippen molar-refractivity contribution in [2.75, 3.05) is 0 Å². The number of non-ortho nitro benzene ring substituents is 1. The van der Waals surface area contributed by atoms with Gasteiger partial charge in [-0.15, -0.1) is 0 Å². The molecule has 6 heteroatoms. The van der Waals surface area contributed by atoms with E-state index in [0.29, 0.717) is 11.4 Å². The second kappa shape index (κ2) is 5.36. The number of nitriles is 1. The Morgan fingerprint density at radius 2 is 2.05 bits per heavy atom. The molecule has 2 aromatic rings. The third-order valence-electron chi connectivity index (χ3n) is 2.71. The number of hydrogen-bond acceptors (Lipinski definition) is 5. The molecular weight excluding hydrogens is 258 g/mol. The Morgan fingerprint density at radius 1 is 1.30 bits per heavy atom. The van der Waals surface area contributed by atoms with Crippen molar-refractivity contribution in [3.63, 3.8) is 0 Å². The van der Waals surface area contributed by atoms with Crippen LogP contribution in [0.3, 0.4) is 0 Å². The van der Waals surface area contributed by atoms with Gasteiger partial charge in [0.2, 0.25) is 5.88 Å². The number of rotatable bonds is 3. The molecule has 2 rings (SSSR count). The van der Waals surface area contributed by atoms with Crippen LogP contribution in [0.25, 0.3) is 0 Å². The second-order valence-electron chi connectivity index (χ2n) is 4.23. The predicted octanol–water partition coefficient (Wildman–Crippen LogP) is 3.27. The molecular formula is C14H11N3O3. The van der Waals surface area contributed by atoms with Crippen LogP contribution < -0.4 is 4.74 Å². The lowest BCUT2D eigenvalue weighted by Crippen LogP contribution is -1.96. The van der Waals surface area contributed by atoms with Gasteiger partial charge < -0.3 is 4.74 Å². The van der Waals surface area contributed by atoms with Gasteiger partial charge >= 0.3 is 0 Å². The van der Waals surface area contributed by atoms with E-state index in [0.717, 1.165) is 5.56 Å². The molecule has 1 aromatic heterocycles. The molecule has 0 aliphatic carbocycles. The zero-order valence-corrected chi connectivity index (χ0v) is 11.0. The van der Waals surface area contributed by atoms with E-state index in [9.17, 15) is 10.1 Å². The third-order valence-corrected chi connectivity index (χ3v) is 2.71. The van der Waals surface area contributed by atoms with Gasteiger partial charge in [0.25, 0.3) is 5.69 Å². The van der Waals surface area contributed by atoms with Crippen LogP contribution in [0.5, 0.6) is 11.6 Å². The summed E-state index contributed by atoms with van der Waals surface area (Å²) in [5, 5.41) is 19.8. The summed E-state index contributed by atoms with van der Waals surface area (Å²) in [5.41, 5.74) is 1.63. The van der Waals surface area contributed by atoms with Crippen LogP contribution in [0.1, 0.15) is 16.8 Å². The van der Waals surface area contributed by atoms with E-state index < -0.39 is 4.92 Å². The van der Waals surface area contributed by atoms with E-state index in [1.54, 1.807) is 32.0 Å². The molecule has 0 atom stereocenters. The molecule has 0 bridgehead atoms. The molecule has 20 heavy (non-hydrogen) atoms. The number of nitrogens with zero attached hydrogens (tertiary/aromatic N) is 3. The number of aromatic nitrogens is 1. The summed E-state index contributed by atoms with van der Waals surface area (Å²) in [5.74, 6) is 0.463. The molecule has 0 amide bonds. The highest BCUT2D eigenvalue weighted by Gasteiger charge is 2.13. The largest absolute Gasteiger partial charge is 0.437 e. The first-order valence-electron chi connectivity index (χ1n) is 5.82. The smallest absolute Gasteiger partial charge is 0.273 e. The van der Waals surface area contributed by atoms with Crippen molar-refractivity contribution in [3.8, 4) is 17.7 Å². The first kappa shape index (κ1) is 13.5. The van der Waals surface area contributed by atoms with Gasteiger partial charge in [-0.3, -0.25) is 10.1 Å². The molecule has 0 N–H and O–H groups in total. The second-order valence-corrected chi connectivity index (χ2v) is 4.23. The summed E-state index contributed by atoms with van der Waals surface area (Å²) in [6, 6.07) is 9.59. The predicted molar refractivity (Wildman–Crippen MR) is 71.6 cm³/mol. The maximum Gasteiger partial charge on any atom is 0.273 e. The van der Waals surface area contributed by atoms with Crippen LogP contribution in [0, 0.1) is 35.3 Å². The third kappa shape index (κ3) is 2.72. The molecule has 0 aliphatic rings. The minimum absolute atomic E-state index is 0.0724. The number of nitro groups is 1. The summed E-state index contributed by atoms with van der Waals surface area (Å²) in [7, 11) is 0. The number of hydrogen-bond donors (Lipinski definition) is 0. The Labute approximate surface area is 115 Å². The van der Waals surface area contributed by atoms with Crippen LogP contribution in [-0.2, 0) is 0 Å². The Kier molecular flexibility index (Phi) is 3.62. The lowest BCUT2D eigenvalue weighted by Gasteiger charge is -2.09. The van der Waals surface area contributed by atoms with Gasteiger partial charge in [0, 0.05) is 11.8 Å². The molecule has 0 radical (unpaired) electrons. The van der Waals surface area contributed by atoms with Crippen molar-refractivity contribution in [1.82, 2.24) is 4.98 Å². The highest BCUT2D eigenvalue weighted by atomic mass is 16.6. The molecule has 0 fully saturated rings. The van der Waals surface area contributed by atoms with Crippen molar-refractivity contribution in [2.24, 2.45) is 0 Å². The van der Waals surface area contributed by atoms with E-state index in [1.165, 1.54) is 12.1 Å². The Balaban J connectivity index is 2.44. The summed E-state index contributed by atoms with van der Waals surface area (Å²) in [4.78, 5) is 14.4. The minimum atomic E-state index is -0.499. The fourth-order valence-electron chi connectivity index (χ4n) is 1.61. The summed E-state index contributed by atoms with van der Waals surface area (Å²) < 4.78 is 5.56. The minimum Gasteiger partial charge on any atom is -0.437 e. The Morgan fingerprint density at radius 3 is 2.70 bits per heavy atom. The van der Waals surface area contributed by atoms with Gasteiger partial charge in [-0.2, -0.15) is 5.26 Å². The Bertz CT molecular complexity index is 720. The molecule has 0 unspecified atom stereocenters. The van der Waals surface area contributed by atoms with Crippen molar-refractivity contribution in [1.29, 1.82) is 5.26 Å². The van der Waals surface area contributed by atoms with Gasteiger partial charge in [-0.25, -0.2) is 4.98 Å². The van der Waals surface area contributed by atoms with Crippen LogP contribution in [0.2, 0.25) is 0 Å². The number of ether oxygens (including phenoxy) is 1. The number of pyridine rings is 1. The van der Waals surface area contributed by atoms with Crippen LogP contribution in [-0.4, -0.2) is 9.91 Å². The highest BCUT2D eigenvalue weighted by molar-refractivity contribution is 5.47. The number of aryl methyl sites for hydroxylation is 2. The average Bonchev–Trinajstić information content (AvgIpc) is 2.41. The monoisotopic (exact) mass is 269 g/mol. The normalized spacial score (nSPS) is 9.85. The van der Waals surface area contributed by atoms with Gasteiger partial charge in [0.15, 0.2) is 0 Å².